The summed E-state index contributed by atoms with van der Waals surface area (Å²) in [5.41, 5.74) is 3.49. The molecular weight excluding hydrogens is 240 g/mol. The number of hydrogen-bond acceptors (Lipinski definition) is 4. The summed E-state index contributed by atoms with van der Waals surface area (Å²) >= 11 is 0. The number of aromatic nitrogens is 3. The Kier molecular flexibility index (Phi) is 5.06. The van der Waals surface area contributed by atoms with Gasteiger partial charge < -0.3 is 10.1 Å². The predicted molar refractivity (Wildman–Crippen MR) is 73.9 cm³/mol. The predicted octanol–water partition coefficient (Wildman–Crippen LogP) is 1.37. The van der Waals surface area contributed by atoms with Crippen LogP contribution in [0.3, 0.4) is 0 Å². The zero-order chi connectivity index (χ0) is 13.5. The van der Waals surface area contributed by atoms with Crippen LogP contribution in [-0.4, -0.2) is 35.3 Å². The van der Waals surface area contributed by atoms with Crippen molar-refractivity contribution in [3.8, 4) is 0 Å². The highest BCUT2D eigenvalue weighted by Crippen LogP contribution is 2.08. The molecule has 0 saturated heterocycles. The Bertz CT molecular complexity index is 510. The Morgan fingerprint density at radius 1 is 1.32 bits per heavy atom. The Balaban J connectivity index is 1.89. The standard InChI is InChI=1S/C14H20N4O/c1-12-5-3-4-6-13(12)10-18-11-14(16-17-18)9-15-7-8-19-2/h3-6,11,15H,7-10H2,1-2H3. The van der Waals surface area contributed by atoms with Crippen LogP contribution in [0.2, 0.25) is 0 Å². The number of hydrogen-bond donors (Lipinski definition) is 1. The number of nitrogens with zero attached hydrogens (tertiary/aromatic N) is 3. The first-order valence-electron chi connectivity index (χ1n) is 6.43. The lowest BCUT2D eigenvalue weighted by Gasteiger charge is -2.04. The minimum atomic E-state index is 0.706. The molecule has 0 saturated carbocycles. The van der Waals surface area contributed by atoms with E-state index in [9.17, 15) is 0 Å². The largest absolute Gasteiger partial charge is 0.383 e. The van der Waals surface area contributed by atoms with E-state index in [0.717, 1.165) is 25.3 Å². The van der Waals surface area contributed by atoms with Gasteiger partial charge in [0.2, 0.25) is 0 Å². The molecular formula is C14H20N4O. The summed E-state index contributed by atoms with van der Waals surface area (Å²) in [6.07, 6.45) is 1.98. The van der Waals surface area contributed by atoms with Gasteiger partial charge in [0, 0.05) is 20.2 Å². The molecule has 0 aliphatic heterocycles. The molecule has 0 unspecified atom stereocenters. The second kappa shape index (κ2) is 7.01. The van der Waals surface area contributed by atoms with Crippen LogP contribution < -0.4 is 5.32 Å². The fourth-order valence-electron chi connectivity index (χ4n) is 1.85. The number of ether oxygens (including phenoxy) is 1. The van der Waals surface area contributed by atoms with E-state index in [4.69, 9.17) is 4.74 Å². The number of aryl methyl sites for hydroxylation is 1. The second-order valence-corrected chi connectivity index (χ2v) is 4.50. The molecule has 102 valence electrons. The molecule has 0 aliphatic carbocycles. The molecule has 0 atom stereocenters. The van der Waals surface area contributed by atoms with Gasteiger partial charge in [-0.25, -0.2) is 4.68 Å². The molecule has 0 aliphatic rings. The fourth-order valence-corrected chi connectivity index (χ4v) is 1.85. The van der Waals surface area contributed by atoms with Gasteiger partial charge >= 0.3 is 0 Å². The Morgan fingerprint density at radius 2 is 2.16 bits per heavy atom. The molecule has 1 N–H and O–H groups in total. The Labute approximate surface area is 113 Å². The third-order valence-corrected chi connectivity index (χ3v) is 2.97. The molecule has 0 radical (unpaired) electrons. The summed E-state index contributed by atoms with van der Waals surface area (Å²) in [5, 5.41) is 11.5. The molecule has 0 amide bonds. The smallest absolute Gasteiger partial charge is 0.0964 e. The van der Waals surface area contributed by atoms with Crippen molar-refractivity contribution in [1.29, 1.82) is 0 Å². The van der Waals surface area contributed by atoms with Gasteiger partial charge in [-0.05, 0) is 18.1 Å². The van der Waals surface area contributed by atoms with Crippen molar-refractivity contribution in [1.82, 2.24) is 20.3 Å². The van der Waals surface area contributed by atoms with E-state index in [0.29, 0.717) is 6.61 Å². The zero-order valence-electron chi connectivity index (χ0n) is 11.5. The van der Waals surface area contributed by atoms with E-state index in [1.165, 1.54) is 11.1 Å². The normalized spacial score (nSPS) is 10.8. The lowest BCUT2D eigenvalue weighted by atomic mass is 10.1. The SMILES string of the molecule is COCCNCc1cn(Cc2ccccc2C)nn1. The minimum Gasteiger partial charge on any atom is -0.383 e. The van der Waals surface area contributed by atoms with Crippen molar-refractivity contribution in [2.45, 2.75) is 20.0 Å². The topological polar surface area (TPSA) is 52.0 Å². The van der Waals surface area contributed by atoms with Crippen molar-refractivity contribution >= 4 is 0 Å². The summed E-state index contributed by atoms with van der Waals surface area (Å²) in [6, 6.07) is 8.32. The van der Waals surface area contributed by atoms with Gasteiger partial charge in [0.1, 0.15) is 0 Å². The van der Waals surface area contributed by atoms with Crippen LogP contribution >= 0.6 is 0 Å². The van der Waals surface area contributed by atoms with Gasteiger partial charge in [0.15, 0.2) is 0 Å². The van der Waals surface area contributed by atoms with Crippen molar-refractivity contribution in [3.63, 3.8) is 0 Å². The average molecular weight is 260 g/mol. The quantitative estimate of drug-likeness (QED) is 0.764. The van der Waals surface area contributed by atoms with Gasteiger partial charge in [-0.3, -0.25) is 0 Å². The van der Waals surface area contributed by atoms with E-state index in [2.05, 4.69) is 34.7 Å². The maximum absolute atomic E-state index is 4.97. The van der Waals surface area contributed by atoms with Crippen LogP contribution in [0.5, 0.6) is 0 Å². The van der Waals surface area contributed by atoms with Crippen LogP contribution in [0.4, 0.5) is 0 Å². The molecule has 1 heterocycles. The van der Waals surface area contributed by atoms with E-state index >= 15 is 0 Å². The lowest BCUT2D eigenvalue weighted by molar-refractivity contribution is 0.199. The molecule has 5 heteroatoms. The van der Waals surface area contributed by atoms with Crippen LogP contribution in [0, 0.1) is 6.92 Å². The molecule has 1 aromatic carbocycles. The molecule has 0 spiro atoms. The third kappa shape index (κ3) is 4.15. The maximum atomic E-state index is 4.97. The minimum absolute atomic E-state index is 0.706. The van der Waals surface area contributed by atoms with Gasteiger partial charge in [-0.2, -0.15) is 0 Å². The second-order valence-electron chi connectivity index (χ2n) is 4.50. The van der Waals surface area contributed by atoms with Gasteiger partial charge in [0.25, 0.3) is 0 Å². The number of benzene rings is 1. The number of methoxy groups -OCH3 is 1. The molecule has 0 fully saturated rings. The van der Waals surface area contributed by atoms with Crippen molar-refractivity contribution in [2.24, 2.45) is 0 Å². The van der Waals surface area contributed by atoms with Crippen LogP contribution in [0.15, 0.2) is 30.5 Å². The highest BCUT2D eigenvalue weighted by Gasteiger charge is 2.02. The Morgan fingerprint density at radius 3 is 2.95 bits per heavy atom. The fraction of sp³-hybridized carbons (Fsp3) is 0.429. The van der Waals surface area contributed by atoms with Crippen molar-refractivity contribution < 1.29 is 4.74 Å². The summed E-state index contributed by atoms with van der Waals surface area (Å²) < 4.78 is 6.84. The monoisotopic (exact) mass is 260 g/mol. The first-order valence-corrected chi connectivity index (χ1v) is 6.43. The molecule has 19 heavy (non-hydrogen) atoms. The molecule has 5 nitrogen and oxygen atoms in total. The zero-order valence-corrected chi connectivity index (χ0v) is 11.5. The van der Waals surface area contributed by atoms with Crippen molar-refractivity contribution in [3.05, 3.63) is 47.3 Å². The third-order valence-electron chi connectivity index (χ3n) is 2.97. The van der Waals surface area contributed by atoms with E-state index in [1.807, 2.05) is 23.0 Å². The summed E-state index contributed by atoms with van der Waals surface area (Å²) in [5.74, 6) is 0. The van der Waals surface area contributed by atoms with Crippen LogP contribution in [0.25, 0.3) is 0 Å². The maximum Gasteiger partial charge on any atom is 0.0964 e. The highest BCUT2D eigenvalue weighted by atomic mass is 16.5. The van der Waals surface area contributed by atoms with Gasteiger partial charge in [0.05, 0.1) is 25.0 Å². The van der Waals surface area contributed by atoms with E-state index < -0.39 is 0 Å². The van der Waals surface area contributed by atoms with Gasteiger partial charge in [-0.1, -0.05) is 29.5 Å². The number of nitrogens with one attached hydrogen (secondary N) is 1. The lowest BCUT2D eigenvalue weighted by Crippen LogP contribution is -2.18. The molecule has 2 rings (SSSR count). The van der Waals surface area contributed by atoms with Crippen LogP contribution in [0.1, 0.15) is 16.8 Å². The molecule has 1 aromatic heterocycles. The van der Waals surface area contributed by atoms with Gasteiger partial charge in [-0.15, -0.1) is 5.10 Å². The molecule has 2 aromatic rings. The summed E-state index contributed by atoms with van der Waals surface area (Å²) in [4.78, 5) is 0. The van der Waals surface area contributed by atoms with E-state index in [-0.39, 0.29) is 0 Å². The highest BCUT2D eigenvalue weighted by molar-refractivity contribution is 5.25. The molecule has 0 bridgehead atoms. The van der Waals surface area contributed by atoms with Crippen LogP contribution in [-0.2, 0) is 17.8 Å². The first kappa shape index (κ1) is 13.7. The first-order chi connectivity index (χ1) is 9.29. The van der Waals surface area contributed by atoms with E-state index in [1.54, 1.807) is 7.11 Å². The van der Waals surface area contributed by atoms with Crippen molar-refractivity contribution in [2.75, 3.05) is 20.3 Å². The Hall–Kier alpha value is -1.72. The number of rotatable bonds is 7. The average Bonchev–Trinajstić information content (AvgIpc) is 2.85. The summed E-state index contributed by atoms with van der Waals surface area (Å²) in [6.45, 7) is 5.12. The summed E-state index contributed by atoms with van der Waals surface area (Å²) in [7, 11) is 1.69.